The highest BCUT2D eigenvalue weighted by Gasteiger charge is 2.33. The van der Waals surface area contributed by atoms with E-state index in [-0.39, 0.29) is 50.0 Å². The van der Waals surface area contributed by atoms with Crippen LogP contribution >= 0.6 is 23.2 Å². The number of halogens is 4. The maximum atomic E-state index is 14.0. The number of nitrogens with one attached hydrogen (secondary N) is 1. The molecule has 4 rings (SSSR count). The molecule has 0 aromatic heterocycles. The third-order valence-corrected chi connectivity index (χ3v) is 9.61. The molecule has 236 valence electrons. The van der Waals surface area contributed by atoms with E-state index >= 15 is 0 Å². The second-order valence-corrected chi connectivity index (χ2v) is 13.7. The zero-order chi connectivity index (χ0) is 31.9. The molecule has 3 aromatic carbocycles. The minimum absolute atomic E-state index is 0.0149. The van der Waals surface area contributed by atoms with E-state index in [1.807, 2.05) is 30.3 Å². The first-order valence-electron chi connectivity index (χ1n) is 14.4. The van der Waals surface area contributed by atoms with Gasteiger partial charge in [-0.2, -0.15) is 0 Å². The van der Waals surface area contributed by atoms with Crippen LogP contribution < -0.4 is 9.62 Å². The van der Waals surface area contributed by atoms with Crippen LogP contribution in [0.15, 0.2) is 66.7 Å². The van der Waals surface area contributed by atoms with E-state index in [1.54, 1.807) is 18.2 Å². The Morgan fingerprint density at radius 1 is 0.955 bits per heavy atom. The Bertz CT molecular complexity index is 1550. The van der Waals surface area contributed by atoms with Gasteiger partial charge in [0.1, 0.15) is 6.04 Å². The summed E-state index contributed by atoms with van der Waals surface area (Å²) >= 11 is 13.0. The Morgan fingerprint density at radius 3 is 2.23 bits per heavy atom. The molecule has 1 aliphatic rings. The highest BCUT2D eigenvalue weighted by atomic mass is 35.5. The van der Waals surface area contributed by atoms with Gasteiger partial charge in [0, 0.05) is 53.6 Å². The fourth-order valence-corrected chi connectivity index (χ4v) is 6.89. The van der Waals surface area contributed by atoms with Gasteiger partial charge >= 0.3 is 0 Å². The zero-order valence-corrected chi connectivity index (χ0v) is 26.6. The van der Waals surface area contributed by atoms with Gasteiger partial charge in [-0.05, 0) is 49.1 Å². The summed E-state index contributed by atoms with van der Waals surface area (Å²) < 4.78 is 53.5. The van der Waals surface area contributed by atoms with Gasteiger partial charge in [0.15, 0.2) is 11.6 Å². The molecule has 7 nitrogen and oxygen atoms in total. The monoisotopic (exact) mass is 665 g/mol. The number of hydrogen-bond acceptors (Lipinski definition) is 4. The van der Waals surface area contributed by atoms with Crippen LogP contribution in [-0.4, -0.2) is 50.0 Å². The molecule has 0 aliphatic heterocycles. The maximum absolute atomic E-state index is 14.0. The summed E-state index contributed by atoms with van der Waals surface area (Å²) in [6.45, 7) is -0.222. The molecule has 44 heavy (non-hydrogen) atoms. The van der Waals surface area contributed by atoms with E-state index < -0.39 is 33.6 Å². The fourth-order valence-electron chi connectivity index (χ4n) is 5.42. The van der Waals surface area contributed by atoms with Gasteiger partial charge in [0.25, 0.3) is 0 Å². The molecule has 1 saturated carbocycles. The predicted octanol–water partition coefficient (Wildman–Crippen LogP) is 6.52. The molecular formula is C32H35Cl2F2N3O4S. The van der Waals surface area contributed by atoms with Crippen LogP contribution in [0.1, 0.15) is 49.7 Å². The SMILES string of the molecule is CS(=O)(=O)N(CCCC(=O)N(Cc1c(Cl)cccc1Cl)[C@H](Cc1ccccc1)C(=O)NC1CCCC1)c1ccc(F)c(F)c1. The van der Waals surface area contributed by atoms with Crippen LogP contribution in [0.5, 0.6) is 0 Å². The zero-order valence-electron chi connectivity index (χ0n) is 24.3. The Morgan fingerprint density at radius 2 is 1.61 bits per heavy atom. The molecule has 0 bridgehead atoms. The first kappa shape index (κ1) is 33.7. The summed E-state index contributed by atoms with van der Waals surface area (Å²) in [5.74, 6) is -3.00. The van der Waals surface area contributed by atoms with Crippen LogP contribution in [0.2, 0.25) is 10.0 Å². The van der Waals surface area contributed by atoms with Crippen molar-refractivity contribution >= 4 is 50.7 Å². The first-order valence-corrected chi connectivity index (χ1v) is 17.0. The van der Waals surface area contributed by atoms with Gasteiger partial charge in [0.05, 0.1) is 11.9 Å². The molecule has 0 unspecified atom stereocenters. The molecule has 0 spiro atoms. The van der Waals surface area contributed by atoms with Gasteiger partial charge in [-0.1, -0.05) is 72.4 Å². The van der Waals surface area contributed by atoms with Gasteiger partial charge in [-0.15, -0.1) is 0 Å². The van der Waals surface area contributed by atoms with Crippen LogP contribution in [0.25, 0.3) is 0 Å². The fraction of sp³-hybridized carbons (Fsp3) is 0.375. The largest absolute Gasteiger partial charge is 0.352 e. The Labute approximate surface area is 267 Å². The lowest BCUT2D eigenvalue weighted by molar-refractivity contribution is -0.141. The van der Waals surface area contributed by atoms with E-state index in [9.17, 15) is 26.8 Å². The van der Waals surface area contributed by atoms with Gasteiger partial charge in [-0.3, -0.25) is 13.9 Å². The summed E-state index contributed by atoms with van der Waals surface area (Å²) in [4.78, 5) is 29.3. The van der Waals surface area contributed by atoms with Gasteiger partial charge in [0.2, 0.25) is 21.8 Å². The Kier molecular flexibility index (Phi) is 11.6. The third-order valence-electron chi connectivity index (χ3n) is 7.71. The topological polar surface area (TPSA) is 86.8 Å². The molecular weight excluding hydrogens is 631 g/mol. The highest BCUT2D eigenvalue weighted by Crippen LogP contribution is 2.28. The van der Waals surface area contributed by atoms with Crippen molar-refractivity contribution in [2.75, 3.05) is 17.1 Å². The molecule has 2 amide bonds. The summed E-state index contributed by atoms with van der Waals surface area (Å²) in [5.41, 5.74) is 1.27. The molecule has 12 heteroatoms. The maximum Gasteiger partial charge on any atom is 0.243 e. The highest BCUT2D eigenvalue weighted by molar-refractivity contribution is 7.92. The van der Waals surface area contributed by atoms with E-state index in [0.717, 1.165) is 60.0 Å². The lowest BCUT2D eigenvalue weighted by Gasteiger charge is -2.33. The van der Waals surface area contributed by atoms with E-state index in [4.69, 9.17) is 23.2 Å². The van der Waals surface area contributed by atoms with Crippen LogP contribution in [0.4, 0.5) is 14.5 Å². The molecule has 1 atom stereocenters. The standard InChI is InChI=1S/C32H35Cl2F2N3O4S/c1-44(42,43)39(24-16-17-28(35)29(36)20-24)18-8-15-31(40)38(21-25-26(33)13-7-14-27(25)34)30(19-22-9-3-2-4-10-22)32(41)37-23-11-5-6-12-23/h2-4,7,9-10,13-14,16-17,20,23,30H,5-6,8,11-12,15,18-19,21H2,1H3,(H,37,41)/t30-/m1/s1. The van der Waals surface area contributed by atoms with Crippen molar-refractivity contribution < 1.29 is 26.8 Å². The first-order chi connectivity index (χ1) is 20.9. The van der Waals surface area contributed by atoms with E-state index in [2.05, 4.69) is 5.32 Å². The number of anilines is 1. The number of benzene rings is 3. The molecule has 1 N–H and O–H groups in total. The van der Waals surface area contributed by atoms with Crippen molar-refractivity contribution in [1.29, 1.82) is 0 Å². The number of carbonyl (C=O) groups is 2. The summed E-state index contributed by atoms with van der Waals surface area (Å²) in [6.07, 6.45) is 4.84. The number of amides is 2. The Hall–Kier alpha value is -3.21. The average molecular weight is 667 g/mol. The van der Waals surface area contributed by atoms with Crippen molar-refractivity contribution in [3.63, 3.8) is 0 Å². The summed E-state index contributed by atoms with van der Waals surface area (Å²) in [6, 6.07) is 16.3. The smallest absolute Gasteiger partial charge is 0.243 e. The van der Waals surface area contributed by atoms with Crippen LogP contribution in [0, 0.1) is 11.6 Å². The number of nitrogens with zero attached hydrogens (tertiary/aromatic N) is 2. The molecule has 3 aromatic rings. The average Bonchev–Trinajstić information content (AvgIpc) is 3.49. The van der Waals surface area contributed by atoms with E-state index in [0.29, 0.717) is 15.6 Å². The quantitative estimate of drug-likeness (QED) is 0.225. The molecule has 1 aliphatic carbocycles. The second kappa shape index (κ2) is 15.2. The summed E-state index contributed by atoms with van der Waals surface area (Å²) in [7, 11) is -3.89. The third kappa shape index (κ3) is 8.92. The van der Waals surface area contributed by atoms with Gasteiger partial charge in [-0.25, -0.2) is 17.2 Å². The minimum Gasteiger partial charge on any atom is -0.352 e. The van der Waals surface area contributed by atoms with Gasteiger partial charge < -0.3 is 10.2 Å². The molecule has 0 radical (unpaired) electrons. The lowest BCUT2D eigenvalue weighted by Crippen LogP contribution is -2.52. The van der Waals surface area contributed by atoms with Crippen molar-refractivity contribution in [3.05, 3.63) is 99.5 Å². The number of carbonyl (C=O) groups excluding carboxylic acids is 2. The number of rotatable bonds is 13. The second-order valence-electron chi connectivity index (χ2n) is 11.0. The van der Waals surface area contributed by atoms with Crippen molar-refractivity contribution in [3.8, 4) is 0 Å². The molecule has 1 fully saturated rings. The predicted molar refractivity (Wildman–Crippen MR) is 169 cm³/mol. The number of sulfonamides is 1. The lowest BCUT2D eigenvalue weighted by atomic mass is 10.0. The van der Waals surface area contributed by atoms with E-state index in [1.165, 1.54) is 4.90 Å². The van der Waals surface area contributed by atoms with Crippen molar-refractivity contribution in [2.24, 2.45) is 0 Å². The summed E-state index contributed by atoms with van der Waals surface area (Å²) in [5, 5.41) is 3.80. The Balaban J connectivity index is 1.62. The normalized spacial score (nSPS) is 14.3. The number of hydrogen-bond donors (Lipinski definition) is 1. The van der Waals surface area contributed by atoms with Crippen molar-refractivity contribution in [2.45, 2.75) is 63.6 Å². The molecule has 0 saturated heterocycles. The van der Waals surface area contributed by atoms with Crippen LogP contribution in [-0.2, 0) is 32.6 Å². The molecule has 0 heterocycles. The van der Waals surface area contributed by atoms with Crippen molar-refractivity contribution in [1.82, 2.24) is 10.2 Å². The minimum atomic E-state index is -3.89. The van der Waals surface area contributed by atoms with Crippen LogP contribution in [0.3, 0.4) is 0 Å².